The molecule has 5 nitrogen and oxygen atoms in total. The van der Waals surface area contributed by atoms with Crippen molar-refractivity contribution in [3.63, 3.8) is 0 Å². The number of benzene rings is 1. The van der Waals surface area contributed by atoms with Crippen molar-refractivity contribution in [2.75, 3.05) is 27.3 Å². The Hall–Kier alpha value is -1.75. The lowest BCUT2D eigenvalue weighted by Gasteiger charge is -2.19. The molecule has 0 aliphatic carbocycles. The van der Waals surface area contributed by atoms with Gasteiger partial charge in [0.1, 0.15) is 11.5 Å². The zero-order chi connectivity index (χ0) is 15.2. The van der Waals surface area contributed by atoms with E-state index < -0.39 is 0 Å². The summed E-state index contributed by atoms with van der Waals surface area (Å²) in [6.45, 7) is 3.92. The lowest BCUT2D eigenvalue weighted by Crippen LogP contribution is -2.29. The van der Waals surface area contributed by atoms with Crippen molar-refractivity contribution in [2.45, 2.75) is 25.8 Å². The average Bonchev–Trinajstić information content (AvgIpc) is 2.99. The molecule has 0 aromatic heterocycles. The van der Waals surface area contributed by atoms with Crippen LogP contribution in [0.5, 0.6) is 11.5 Å². The van der Waals surface area contributed by atoms with E-state index in [1.807, 2.05) is 25.1 Å². The van der Waals surface area contributed by atoms with Gasteiger partial charge in [0.05, 0.1) is 20.3 Å². The van der Waals surface area contributed by atoms with E-state index in [4.69, 9.17) is 9.47 Å². The summed E-state index contributed by atoms with van der Waals surface area (Å²) in [6, 6.07) is 5.55. The molecule has 21 heavy (non-hydrogen) atoms. The Morgan fingerprint density at radius 3 is 2.86 bits per heavy atom. The molecule has 0 spiro atoms. The number of nitrogens with one attached hydrogen (secondary N) is 2. The van der Waals surface area contributed by atoms with Crippen LogP contribution in [0, 0.1) is 5.92 Å². The average molecular weight is 292 g/mol. The molecule has 2 atom stereocenters. The zero-order valence-electron chi connectivity index (χ0n) is 12.9. The second-order valence-electron chi connectivity index (χ2n) is 5.46. The minimum Gasteiger partial charge on any atom is -0.497 e. The van der Waals surface area contributed by atoms with Crippen LogP contribution in [0.15, 0.2) is 18.2 Å². The molecule has 2 unspecified atom stereocenters. The van der Waals surface area contributed by atoms with E-state index in [-0.39, 0.29) is 11.9 Å². The van der Waals surface area contributed by atoms with Crippen LogP contribution in [0.25, 0.3) is 0 Å². The number of rotatable bonds is 6. The summed E-state index contributed by atoms with van der Waals surface area (Å²) in [6.07, 6.45) is 1.66. The minimum absolute atomic E-state index is 0.0901. The van der Waals surface area contributed by atoms with Gasteiger partial charge in [-0.15, -0.1) is 0 Å². The van der Waals surface area contributed by atoms with Crippen LogP contribution in [-0.4, -0.2) is 33.2 Å². The fourth-order valence-electron chi connectivity index (χ4n) is 2.71. The number of hydrogen-bond donors (Lipinski definition) is 2. The monoisotopic (exact) mass is 292 g/mol. The van der Waals surface area contributed by atoms with Crippen molar-refractivity contribution < 1.29 is 14.3 Å². The quantitative estimate of drug-likeness (QED) is 0.840. The third-order valence-corrected chi connectivity index (χ3v) is 3.92. The van der Waals surface area contributed by atoms with Gasteiger partial charge >= 0.3 is 0 Å². The molecule has 1 fully saturated rings. The minimum atomic E-state index is -0.0901. The molecular formula is C16H24N2O3. The van der Waals surface area contributed by atoms with Gasteiger partial charge in [-0.05, 0) is 44.5 Å². The highest BCUT2D eigenvalue weighted by Gasteiger charge is 2.20. The maximum atomic E-state index is 12.1. The predicted octanol–water partition coefficient (Wildman–Crippen LogP) is 1.88. The molecule has 0 bridgehead atoms. The van der Waals surface area contributed by atoms with Gasteiger partial charge in [0.15, 0.2) is 0 Å². The standard InChI is InChI=1S/C16H24N2O3/c1-11(18-16(19)8-12-6-7-17-10-12)14-5-4-13(20-2)9-15(14)21-3/h4-5,9,11-12,17H,6-8,10H2,1-3H3,(H,18,19). The van der Waals surface area contributed by atoms with Crippen molar-refractivity contribution in [1.29, 1.82) is 0 Å². The molecule has 1 aromatic carbocycles. The van der Waals surface area contributed by atoms with Crippen molar-refractivity contribution >= 4 is 5.91 Å². The maximum Gasteiger partial charge on any atom is 0.220 e. The lowest BCUT2D eigenvalue weighted by atomic mass is 10.0. The van der Waals surface area contributed by atoms with Crippen LogP contribution in [0.1, 0.15) is 31.4 Å². The zero-order valence-corrected chi connectivity index (χ0v) is 12.9. The highest BCUT2D eigenvalue weighted by atomic mass is 16.5. The first-order valence-electron chi connectivity index (χ1n) is 7.36. The van der Waals surface area contributed by atoms with Crippen LogP contribution < -0.4 is 20.1 Å². The molecule has 116 valence electrons. The van der Waals surface area contributed by atoms with E-state index >= 15 is 0 Å². The Morgan fingerprint density at radius 1 is 1.43 bits per heavy atom. The van der Waals surface area contributed by atoms with E-state index in [0.29, 0.717) is 12.3 Å². The number of amides is 1. The molecule has 1 saturated heterocycles. The van der Waals surface area contributed by atoms with Crippen LogP contribution in [0.3, 0.4) is 0 Å². The van der Waals surface area contributed by atoms with Gasteiger partial charge in [-0.1, -0.05) is 0 Å². The predicted molar refractivity (Wildman–Crippen MR) is 81.7 cm³/mol. The summed E-state index contributed by atoms with van der Waals surface area (Å²) in [7, 11) is 3.24. The molecule has 1 aromatic rings. The number of methoxy groups -OCH3 is 2. The SMILES string of the molecule is COc1ccc(C(C)NC(=O)CC2CCNC2)c(OC)c1. The molecule has 1 heterocycles. The molecule has 5 heteroatoms. The number of ether oxygens (including phenoxy) is 2. The Labute approximate surface area is 126 Å². The third kappa shape index (κ3) is 4.11. The van der Waals surface area contributed by atoms with Crippen LogP contribution in [0.4, 0.5) is 0 Å². The van der Waals surface area contributed by atoms with Gasteiger partial charge in [0, 0.05) is 18.1 Å². The van der Waals surface area contributed by atoms with Crippen molar-refractivity contribution in [3.05, 3.63) is 23.8 Å². The van der Waals surface area contributed by atoms with E-state index in [9.17, 15) is 4.79 Å². The van der Waals surface area contributed by atoms with Gasteiger partial charge < -0.3 is 20.1 Å². The largest absolute Gasteiger partial charge is 0.497 e. The summed E-state index contributed by atoms with van der Waals surface area (Å²) >= 11 is 0. The van der Waals surface area contributed by atoms with Crippen molar-refractivity contribution in [2.24, 2.45) is 5.92 Å². The fourth-order valence-corrected chi connectivity index (χ4v) is 2.71. The highest BCUT2D eigenvalue weighted by molar-refractivity contribution is 5.76. The summed E-state index contributed by atoms with van der Waals surface area (Å²) < 4.78 is 10.6. The first-order valence-corrected chi connectivity index (χ1v) is 7.36. The fraction of sp³-hybridized carbons (Fsp3) is 0.562. The van der Waals surface area contributed by atoms with Gasteiger partial charge in [-0.3, -0.25) is 4.79 Å². The molecule has 0 saturated carbocycles. The first-order chi connectivity index (χ1) is 10.1. The highest BCUT2D eigenvalue weighted by Crippen LogP contribution is 2.29. The van der Waals surface area contributed by atoms with Crippen LogP contribution >= 0.6 is 0 Å². The van der Waals surface area contributed by atoms with E-state index in [1.54, 1.807) is 14.2 Å². The number of hydrogen-bond acceptors (Lipinski definition) is 4. The molecule has 2 rings (SSSR count). The summed E-state index contributed by atoms with van der Waals surface area (Å²) in [5, 5.41) is 6.33. The topological polar surface area (TPSA) is 59.6 Å². The van der Waals surface area contributed by atoms with E-state index in [0.717, 1.165) is 36.6 Å². The molecule has 1 aliphatic rings. The van der Waals surface area contributed by atoms with E-state index in [2.05, 4.69) is 10.6 Å². The van der Waals surface area contributed by atoms with Crippen LogP contribution in [0.2, 0.25) is 0 Å². The number of carbonyl (C=O) groups is 1. The molecule has 0 radical (unpaired) electrons. The molecule has 1 amide bonds. The van der Waals surface area contributed by atoms with Gasteiger partial charge in [-0.25, -0.2) is 0 Å². The van der Waals surface area contributed by atoms with Crippen molar-refractivity contribution in [3.8, 4) is 11.5 Å². The smallest absolute Gasteiger partial charge is 0.220 e. The van der Waals surface area contributed by atoms with Gasteiger partial charge in [0.2, 0.25) is 5.91 Å². The van der Waals surface area contributed by atoms with Gasteiger partial charge in [-0.2, -0.15) is 0 Å². The molecule has 2 N–H and O–H groups in total. The Balaban J connectivity index is 1.98. The Bertz CT molecular complexity index is 484. The second kappa shape index (κ2) is 7.31. The second-order valence-corrected chi connectivity index (χ2v) is 5.46. The molecular weight excluding hydrogens is 268 g/mol. The van der Waals surface area contributed by atoms with E-state index in [1.165, 1.54) is 0 Å². The first kappa shape index (κ1) is 15.6. The maximum absolute atomic E-state index is 12.1. The lowest BCUT2D eigenvalue weighted by molar-refractivity contribution is -0.122. The normalized spacial score (nSPS) is 19.1. The summed E-state index contributed by atoms with van der Waals surface area (Å²) in [5.41, 5.74) is 0.955. The van der Waals surface area contributed by atoms with Crippen molar-refractivity contribution in [1.82, 2.24) is 10.6 Å². The molecule has 1 aliphatic heterocycles. The Morgan fingerprint density at radius 2 is 2.24 bits per heavy atom. The van der Waals surface area contributed by atoms with Crippen LogP contribution in [-0.2, 0) is 4.79 Å². The third-order valence-electron chi connectivity index (χ3n) is 3.92. The number of carbonyl (C=O) groups excluding carboxylic acids is 1. The Kier molecular flexibility index (Phi) is 5.44. The van der Waals surface area contributed by atoms with Gasteiger partial charge in [0.25, 0.3) is 0 Å². The summed E-state index contributed by atoms with van der Waals surface area (Å²) in [4.78, 5) is 12.1. The summed E-state index contributed by atoms with van der Waals surface area (Å²) in [5.74, 6) is 2.01.